The van der Waals surface area contributed by atoms with Crippen molar-refractivity contribution in [3.05, 3.63) is 288 Å². The third kappa shape index (κ3) is 25.6. The zero-order valence-electron chi connectivity index (χ0n) is 74.6. The zero-order chi connectivity index (χ0) is 93.6. The SMILES string of the molecule is CC(=O)/C(C#N)=C/c1c[nH]c2ncc(-c3ccc(OCC4CC4)nc3)cc12.CC(=O)/C=C/c1c[nH]c2ncc(-c3cc(C)nc(OC(C)C)c3)cc12.CC(=O)/C=C/c1c[nH]c2ncc(-c3ccc(C(=O)c4cc(F)cc(F)c4)cc3)cc12.CC(=O)/C=C/c1c[nH]c2ncc(-c3ccc(OCC4CC4)nc3)cc12.CCOCCOc1ccc(-c2cnc3[nH]cc(/C=C/C(C)=O)c3c2)cn1. The summed E-state index contributed by atoms with van der Waals surface area (Å²) in [6.07, 6.45) is 43.3. The number of ketones is 6. The maximum absolute atomic E-state index is 13.4. The molecule has 670 valence electrons. The van der Waals surface area contributed by atoms with E-state index >= 15 is 0 Å². The van der Waals surface area contributed by atoms with E-state index in [4.69, 9.17) is 28.9 Å². The first kappa shape index (κ1) is 92.9. The molecule has 133 heavy (non-hydrogen) atoms. The lowest BCUT2D eigenvalue weighted by Crippen LogP contribution is -2.07. The number of aryl methyl sites for hydroxylation is 1. The molecule has 0 bridgehead atoms. The molecule has 2 aliphatic carbocycles. The first-order valence-corrected chi connectivity index (χ1v) is 43.2. The predicted molar refractivity (Wildman–Crippen MR) is 511 cm³/mol. The van der Waals surface area contributed by atoms with E-state index < -0.39 is 17.4 Å². The van der Waals surface area contributed by atoms with E-state index in [1.807, 2.05) is 138 Å². The number of pyridine rings is 9. The van der Waals surface area contributed by atoms with Crippen LogP contribution in [0.1, 0.15) is 131 Å². The van der Waals surface area contributed by atoms with Crippen molar-refractivity contribution in [1.82, 2.24) is 69.8 Å². The van der Waals surface area contributed by atoms with E-state index in [0.29, 0.717) is 72.0 Å². The summed E-state index contributed by atoms with van der Waals surface area (Å²) in [5.74, 6) is 1.53. The fourth-order valence-electron chi connectivity index (χ4n) is 13.8. The first-order chi connectivity index (χ1) is 64.3. The quantitative estimate of drug-likeness (QED) is 0.0121. The van der Waals surface area contributed by atoms with Gasteiger partial charge in [0.05, 0.1) is 31.5 Å². The van der Waals surface area contributed by atoms with E-state index in [0.717, 1.165) is 164 Å². The summed E-state index contributed by atoms with van der Waals surface area (Å²) in [6, 6.07) is 36.9. The highest BCUT2D eigenvalue weighted by Crippen LogP contribution is 2.36. The highest BCUT2D eigenvalue weighted by atomic mass is 19.1. The topological polar surface area (TPSA) is 367 Å². The number of hydrogen-bond donors (Lipinski definition) is 5. The Labute approximate surface area is 764 Å². The molecule has 26 nitrogen and oxygen atoms in total. The van der Waals surface area contributed by atoms with Gasteiger partial charge in [0.1, 0.15) is 52.5 Å². The molecule has 14 aromatic heterocycles. The Morgan fingerprint density at radius 3 is 1.11 bits per heavy atom. The van der Waals surface area contributed by atoms with Crippen molar-refractivity contribution in [2.24, 2.45) is 11.8 Å². The molecule has 2 aliphatic rings. The number of H-pyrrole nitrogens is 5. The largest absolute Gasteiger partial charge is 0.477 e. The molecule has 0 amide bonds. The fourth-order valence-corrected chi connectivity index (χ4v) is 13.8. The van der Waals surface area contributed by atoms with Crippen LogP contribution in [0, 0.1) is 41.7 Å². The van der Waals surface area contributed by atoms with Gasteiger partial charge >= 0.3 is 0 Å². The molecule has 2 saturated carbocycles. The smallest absolute Gasteiger partial charge is 0.214 e. The van der Waals surface area contributed by atoms with E-state index in [1.165, 1.54) is 66.4 Å². The number of nitrogens with one attached hydrogen (secondary N) is 5. The van der Waals surface area contributed by atoms with Gasteiger partial charge in [-0.15, -0.1) is 0 Å². The summed E-state index contributed by atoms with van der Waals surface area (Å²) in [5, 5.41) is 13.7. The lowest BCUT2D eigenvalue weighted by molar-refractivity contribution is -0.113. The second-order valence-electron chi connectivity index (χ2n) is 32.1. The third-order valence-electron chi connectivity index (χ3n) is 21.0. The van der Waals surface area contributed by atoms with E-state index in [2.05, 4.69) is 81.9 Å². The second-order valence-corrected chi connectivity index (χ2v) is 32.1. The van der Waals surface area contributed by atoms with Gasteiger partial charge < -0.3 is 48.6 Å². The molecular formula is C105H95F2N15O11. The average molecular weight is 1780 g/mol. The van der Waals surface area contributed by atoms with Crippen LogP contribution in [0.3, 0.4) is 0 Å². The Balaban J connectivity index is 0.000000134. The number of hydrogen-bond acceptors (Lipinski definition) is 21. The van der Waals surface area contributed by atoms with Gasteiger partial charge in [0, 0.05) is 234 Å². The number of Topliss-reactive ketones (excluding diaryl/α,β-unsaturated/α-hetero) is 1. The van der Waals surface area contributed by atoms with Crippen molar-refractivity contribution in [2.45, 2.75) is 94.1 Å². The van der Waals surface area contributed by atoms with Gasteiger partial charge in [-0.3, -0.25) is 28.8 Å². The summed E-state index contributed by atoms with van der Waals surface area (Å²) < 4.78 is 54.6. The standard InChI is InChI=1S/C24H16F2N2O2.C21H18N4O2.C20H21N3O3.C20H19N3O2.C20H21N3O2/c1-14(29)2-3-17-12-27-24-22(17)10-19(13-28-24)15-4-6-16(7-5-15)23(30)18-8-20(25)11-21(26)9-18;1-13(26)16(8-22)6-18-11-25-21-19(18)7-17(10-24-21)15-4-5-20(23-9-15)27-12-14-2-3-14;1-3-25-8-9-26-19-7-6-15(11-21-19)17-10-18-16(5-4-14(2)24)12-22-20(18)23-13-17;1-13(24)2-5-16-10-22-20-18(16)8-17(11-23-20)15-6-7-19(21-9-15)25-12-14-3-4-14;1-12(2)25-19-9-16(7-13(3)23-19)17-8-18-15(6-5-14(4)24)10-21-20(18)22-11-17/h2-13H,1H3,(H,27,28);4-7,9-11,14H,2-3,12H2,1H3,(H,24,25);4-7,10-13H,3,8-9H2,1-2H3,(H,22,23);2,5-11,14H,3-4,12H2,1H3,(H,22,23);5-12H,1-4H3,(H,21,22)/b3-2+;16-6+;5-4+;5-2+;6-5+. The molecule has 16 aromatic rings. The molecule has 5 N–H and O–H groups in total. The molecule has 18 rings (SSSR count). The van der Waals surface area contributed by atoms with Gasteiger partial charge in [-0.25, -0.2) is 53.6 Å². The molecule has 0 spiro atoms. The van der Waals surface area contributed by atoms with E-state index in [-0.39, 0.29) is 46.2 Å². The summed E-state index contributed by atoms with van der Waals surface area (Å²) in [7, 11) is 0. The Morgan fingerprint density at radius 2 is 0.767 bits per heavy atom. The van der Waals surface area contributed by atoms with Gasteiger partial charge in [-0.2, -0.15) is 5.26 Å². The number of ether oxygens (including phenoxy) is 5. The number of nitriles is 1. The number of benzene rings is 2. The van der Waals surface area contributed by atoms with Crippen LogP contribution in [-0.4, -0.2) is 144 Å². The highest BCUT2D eigenvalue weighted by molar-refractivity contribution is 6.09. The van der Waals surface area contributed by atoms with Crippen LogP contribution in [0.2, 0.25) is 0 Å². The molecule has 0 radical (unpaired) electrons. The molecule has 0 atom stereocenters. The summed E-state index contributed by atoms with van der Waals surface area (Å²) in [5.41, 5.74) is 18.7. The third-order valence-corrected chi connectivity index (χ3v) is 21.0. The van der Waals surface area contributed by atoms with Gasteiger partial charge in [0.15, 0.2) is 34.7 Å². The van der Waals surface area contributed by atoms with Gasteiger partial charge in [0.2, 0.25) is 23.5 Å². The molecule has 0 unspecified atom stereocenters. The summed E-state index contributed by atoms with van der Waals surface area (Å²) in [6.45, 7) is 18.5. The predicted octanol–water partition coefficient (Wildman–Crippen LogP) is 21.2. The fraction of sp³-hybridized carbons (Fsp3) is 0.200. The van der Waals surface area contributed by atoms with Gasteiger partial charge in [-0.1, -0.05) is 24.3 Å². The maximum atomic E-state index is 13.4. The minimum Gasteiger partial charge on any atom is -0.477 e. The van der Waals surface area contributed by atoms with Gasteiger partial charge in [0.25, 0.3) is 0 Å². The second kappa shape index (κ2) is 43.7. The summed E-state index contributed by atoms with van der Waals surface area (Å²) in [4.78, 5) is 124. The number of allylic oxidation sites excluding steroid dienone is 5. The minimum absolute atomic E-state index is 0.00703. The van der Waals surface area contributed by atoms with Crippen molar-refractivity contribution in [3.8, 4) is 85.2 Å². The molecule has 0 aliphatic heterocycles. The molecular weight excluding hydrogens is 1690 g/mol. The number of aromatic amines is 5. The van der Waals surface area contributed by atoms with Crippen LogP contribution < -0.4 is 18.9 Å². The lowest BCUT2D eigenvalue weighted by Gasteiger charge is -2.11. The Bertz CT molecular complexity index is 7130. The summed E-state index contributed by atoms with van der Waals surface area (Å²) >= 11 is 0. The zero-order valence-corrected chi connectivity index (χ0v) is 74.6. The molecule has 14 heterocycles. The number of carbonyl (C=O) groups excluding carboxylic acids is 6. The lowest BCUT2D eigenvalue weighted by atomic mass is 9.99. The maximum Gasteiger partial charge on any atom is 0.214 e. The number of rotatable bonds is 30. The van der Waals surface area contributed by atoms with Crippen LogP contribution in [-0.2, 0) is 28.7 Å². The van der Waals surface area contributed by atoms with Crippen molar-refractivity contribution in [1.29, 1.82) is 5.26 Å². The van der Waals surface area contributed by atoms with Gasteiger partial charge in [-0.05, 0) is 232 Å². The number of carbonyl (C=O) groups is 6. The number of aromatic nitrogens is 14. The first-order valence-electron chi connectivity index (χ1n) is 43.2. The van der Waals surface area contributed by atoms with Crippen molar-refractivity contribution in [3.63, 3.8) is 0 Å². The minimum atomic E-state index is -0.796. The number of fused-ring (bicyclic) bond motifs is 5. The van der Waals surface area contributed by atoms with Crippen LogP contribution in [0.25, 0.3) is 141 Å². The Kier molecular flexibility index (Phi) is 30.5. The van der Waals surface area contributed by atoms with Crippen LogP contribution >= 0.6 is 0 Å². The number of nitrogens with zero attached hydrogens (tertiary/aromatic N) is 10. The Morgan fingerprint density at radius 1 is 0.414 bits per heavy atom. The van der Waals surface area contributed by atoms with Crippen LogP contribution in [0.5, 0.6) is 23.5 Å². The molecule has 28 heteroatoms. The van der Waals surface area contributed by atoms with E-state index in [9.17, 15) is 37.5 Å². The van der Waals surface area contributed by atoms with Crippen molar-refractivity contribution >= 4 is 120 Å². The average Bonchev–Trinajstić information content (AvgIpc) is 1.71. The van der Waals surface area contributed by atoms with Crippen LogP contribution in [0.15, 0.2) is 232 Å². The number of halogens is 2. The normalized spacial score (nSPS) is 12.5. The van der Waals surface area contributed by atoms with Crippen molar-refractivity contribution in [2.75, 3.05) is 33.0 Å². The molecule has 2 fully saturated rings. The highest BCUT2D eigenvalue weighted by Gasteiger charge is 2.24. The van der Waals surface area contributed by atoms with Crippen LogP contribution in [0.4, 0.5) is 8.78 Å². The monoisotopic (exact) mass is 1780 g/mol. The Hall–Kier alpha value is -16.3. The van der Waals surface area contributed by atoms with Crippen molar-refractivity contribution < 1.29 is 61.2 Å². The molecule has 0 saturated heterocycles. The van der Waals surface area contributed by atoms with E-state index in [1.54, 1.807) is 116 Å². The molecule has 2 aromatic carbocycles.